The molecule has 0 saturated heterocycles. The van der Waals surface area contributed by atoms with E-state index in [9.17, 15) is 9.59 Å². The zero-order chi connectivity index (χ0) is 19.4. The van der Waals surface area contributed by atoms with Crippen molar-refractivity contribution in [2.24, 2.45) is 0 Å². The summed E-state index contributed by atoms with van der Waals surface area (Å²) in [6, 6.07) is 16.4. The molecule has 3 aromatic carbocycles. The number of aromatic nitrogens is 1. The second-order valence-electron chi connectivity index (χ2n) is 7.54. The molecule has 148 valence electrons. The van der Waals surface area contributed by atoms with Crippen LogP contribution in [-0.2, 0) is 6.54 Å². The van der Waals surface area contributed by atoms with E-state index in [1.807, 2.05) is 26.2 Å². The van der Waals surface area contributed by atoms with Crippen LogP contribution in [0.2, 0.25) is 0 Å². The van der Waals surface area contributed by atoms with Crippen LogP contribution in [0, 0.1) is 0 Å². The average Bonchev–Trinajstić information content (AvgIpc) is 2.70. The van der Waals surface area contributed by atoms with Crippen molar-refractivity contribution in [3.63, 3.8) is 0 Å². The van der Waals surface area contributed by atoms with Crippen LogP contribution >= 0.6 is 12.4 Å². The van der Waals surface area contributed by atoms with Crippen LogP contribution in [0.25, 0.3) is 40.8 Å². The molecule has 0 aliphatic heterocycles. The Morgan fingerprint density at radius 3 is 2.17 bits per heavy atom. The van der Waals surface area contributed by atoms with Gasteiger partial charge in [-0.1, -0.05) is 0 Å². The summed E-state index contributed by atoms with van der Waals surface area (Å²) in [6.07, 6.45) is 0.773. The number of rotatable bonds is 4. The molecular formula is C23H21ClN2O2Se. The minimum Gasteiger partial charge on any atom is -0.147 e. The van der Waals surface area contributed by atoms with Gasteiger partial charge in [-0.15, -0.1) is 12.4 Å². The minimum absolute atomic E-state index is 0. The SMILES string of the molecule is CN(C)CCCn1c(=O)c2ccc3[se]c4ccccc4c4ccc(c1=O)c2c34.Cl. The van der Waals surface area contributed by atoms with Crippen LogP contribution in [0.3, 0.4) is 0 Å². The maximum absolute atomic E-state index is 13.2. The summed E-state index contributed by atoms with van der Waals surface area (Å²) in [4.78, 5) is 28.4. The first-order chi connectivity index (χ1) is 13.6. The Hall–Kier alpha value is -2.17. The van der Waals surface area contributed by atoms with E-state index in [1.165, 1.54) is 18.5 Å². The van der Waals surface area contributed by atoms with Gasteiger partial charge in [-0.25, -0.2) is 0 Å². The van der Waals surface area contributed by atoms with E-state index >= 15 is 0 Å². The molecule has 0 fully saturated rings. The third kappa shape index (κ3) is 3.10. The summed E-state index contributed by atoms with van der Waals surface area (Å²) >= 11 is 0.176. The molecule has 0 atom stereocenters. The summed E-state index contributed by atoms with van der Waals surface area (Å²) in [6.45, 7) is 1.30. The van der Waals surface area contributed by atoms with Crippen molar-refractivity contribution in [2.45, 2.75) is 13.0 Å². The molecule has 5 rings (SSSR count). The molecule has 29 heavy (non-hydrogen) atoms. The molecule has 0 radical (unpaired) electrons. The second kappa shape index (κ2) is 7.58. The summed E-state index contributed by atoms with van der Waals surface area (Å²) in [5.41, 5.74) is -0.322. The summed E-state index contributed by atoms with van der Waals surface area (Å²) in [5.74, 6) is 0. The average molecular weight is 472 g/mol. The Bertz CT molecular complexity index is 1440. The van der Waals surface area contributed by atoms with Gasteiger partial charge >= 0.3 is 168 Å². The van der Waals surface area contributed by atoms with E-state index in [0.717, 1.165) is 29.1 Å². The number of hydrogen-bond acceptors (Lipinski definition) is 3. The normalized spacial score (nSPS) is 11.8. The van der Waals surface area contributed by atoms with Gasteiger partial charge in [0, 0.05) is 0 Å². The molecule has 0 aliphatic carbocycles. The Kier molecular flexibility index (Phi) is 5.26. The fourth-order valence-corrected chi connectivity index (χ4v) is 6.51. The van der Waals surface area contributed by atoms with Crippen LogP contribution < -0.4 is 11.1 Å². The van der Waals surface area contributed by atoms with Crippen molar-refractivity contribution in [3.8, 4) is 0 Å². The zero-order valence-corrected chi connectivity index (χ0v) is 18.8. The molecule has 0 bridgehead atoms. The van der Waals surface area contributed by atoms with E-state index < -0.39 is 0 Å². The van der Waals surface area contributed by atoms with Gasteiger partial charge in [0.25, 0.3) is 0 Å². The Balaban J connectivity index is 0.00000205. The Labute approximate surface area is 179 Å². The first kappa shape index (κ1) is 20.1. The predicted octanol–water partition coefficient (Wildman–Crippen LogP) is 3.69. The van der Waals surface area contributed by atoms with E-state index in [4.69, 9.17) is 0 Å². The van der Waals surface area contributed by atoms with E-state index in [1.54, 1.807) is 0 Å². The standard InChI is InChI=1S/C23H20N2O2Se.ClH/c1-24(2)12-5-13-25-22(26)16-9-8-15-14-6-3-4-7-18(14)28-19-11-10-17(23(25)27)20(16)21(15)19;/h3-4,6-11H,5,12-13H2,1-2H3;1H. The number of fused-ring (bicyclic) bond motifs is 2. The monoisotopic (exact) mass is 472 g/mol. The molecule has 2 aromatic heterocycles. The van der Waals surface area contributed by atoms with Crippen LogP contribution in [0.15, 0.2) is 58.1 Å². The van der Waals surface area contributed by atoms with Crippen molar-refractivity contribution in [3.05, 3.63) is 69.2 Å². The number of pyridine rings is 1. The fraction of sp³-hybridized carbons (Fsp3) is 0.217. The third-order valence-electron chi connectivity index (χ3n) is 5.46. The van der Waals surface area contributed by atoms with Gasteiger partial charge in [-0.3, -0.25) is 0 Å². The van der Waals surface area contributed by atoms with Crippen molar-refractivity contribution in [1.29, 1.82) is 0 Å². The minimum atomic E-state index is -0.161. The van der Waals surface area contributed by atoms with Crippen LogP contribution in [0.5, 0.6) is 0 Å². The molecule has 0 amide bonds. The molecule has 0 spiro atoms. The molecule has 0 aliphatic rings. The zero-order valence-electron chi connectivity index (χ0n) is 16.3. The van der Waals surface area contributed by atoms with E-state index in [0.29, 0.717) is 17.3 Å². The molecule has 6 heteroatoms. The smallest absolute Gasteiger partial charge is 0.147 e. The van der Waals surface area contributed by atoms with Gasteiger partial charge in [0.2, 0.25) is 0 Å². The van der Waals surface area contributed by atoms with Crippen LogP contribution in [-0.4, -0.2) is 44.6 Å². The Morgan fingerprint density at radius 2 is 1.45 bits per heavy atom. The van der Waals surface area contributed by atoms with Crippen molar-refractivity contribution in [2.75, 3.05) is 20.6 Å². The maximum Gasteiger partial charge on any atom is -0.147 e. The topological polar surface area (TPSA) is 42.3 Å². The van der Waals surface area contributed by atoms with Gasteiger partial charge in [-0.05, 0) is 0 Å². The molecular weight excluding hydrogens is 451 g/mol. The van der Waals surface area contributed by atoms with Gasteiger partial charge in [0.1, 0.15) is 0 Å². The van der Waals surface area contributed by atoms with Crippen molar-refractivity contribution >= 4 is 67.7 Å². The van der Waals surface area contributed by atoms with Crippen LogP contribution in [0.4, 0.5) is 0 Å². The van der Waals surface area contributed by atoms with Crippen molar-refractivity contribution < 1.29 is 0 Å². The first-order valence-corrected chi connectivity index (χ1v) is 11.2. The van der Waals surface area contributed by atoms with Gasteiger partial charge in [0.15, 0.2) is 0 Å². The third-order valence-corrected chi connectivity index (χ3v) is 7.84. The summed E-state index contributed by atoms with van der Waals surface area (Å²) in [5, 5.41) is 5.65. The van der Waals surface area contributed by atoms with Crippen LogP contribution in [0.1, 0.15) is 6.42 Å². The number of nitrogens with zero attached hydrogens (tertiary/aromatic N) is 2. The molecule has 0 saturated carbocycles. The second-order valence-corrected chi connectivity index (χ2v) is 9.81. The van der Waals surface area contributed by atoms with Gasteiger partial charge in [0.05, 0.1) is 0 Å². The Morgan fingerprint density at radius 1 is 0.793 bits per heavy atom. The predicted molar refractivity (Wildman–Crippen MR) is 126 cm³/mol. The largest absolute Gasteiger partial charge is 0.147 e. The first-order valence-electron chi connectivity index (χ1n) is 9.44. The van der Waals surface area contributed by atoms with E-state index in [2.05, 4.69) is 41.3 Å². The maximum atomic E-state index is 13.2. The summed E-state index contributed by atoms with van der Waals surface area (Å²) in [7, 11) is 3.99. The molecule has 5 aromatic rings. The molecule has 2 heterocycles. The molecule has 0 N–H and O–H groups in total. The molecule has 0 unspecified atom stereocenters. The number of benzene rings is 3. The van der Waals surface area contributed by atoms with Gasteiger partial charge < -0.3 is 0 Å². The summed E-state index contributed by atoms with van der Waals surface area (Å²) < 4.78 is 4.03. The fourth-order valence-electron chi connectivity index (χ4n) is 4.16. The quantitative estimate of drug-likeness (QED) is 0.228. The van der Waals surface area contributed by atoms with Gasteiger partial charge in [-0.2, -0.15) is 0 Å². The number of hydrogen-bond donors (Lipinski definition) is 0. The molecule has 4 nitrogen and oxygen atoms in total. The van der Waals surface area contributed by atoms with E-state index in [-0.39, 0.29) is 38.0 Å². The van der Waals surface area contributed by atoms with Crippen molar-refractivity contribution in [1.82, 2.24) is 9.47 Å². The number of halogens is 1.